The third kappa shape index (κ3) is 2.63. The summed E-state index contributed by atoms with van der Waals surface area (Å²) in [4.78, 5) is 34.3. The molecule has 1 N–H and O–H groups in total. The average molecular weight is 340 g/mol. The Kier molecular flexibility index (Phi) is 3.67. The van der Waals surface area contributed by atoms with Gasteiger partial charge < -0.3 is 14.5 Å². The van der Waals surface area contributed by atoms with Gasteiger partial charge in [-0.1, -0.05) is 0 Å². The molecule has 0 saturated carbocycles. The number of nitrogens with one attached hydrogen (secondary N) is 1. The number of aromatic amines is 1. The standard InChI is InChI=1S/C17H20N6O2/c1-21(10-11-3-5-23-6-4-18-14(23)7-11)17(25)13-8-19-16-12(15(13)24)9-20-22(16)2/h4,6,8-9,11H,3,5,7,10H2,1-2H3,(H,19,24). The molecular formula is C17H20N6O2. The van der Waals surface area contributed by atoms with Crippen molar-refractivity contribution in [3.8, 4) is 0 Å². The lowest BCUT2D eigenvalue weighted by atomic mass is 9.97. The summed E-state index contributed by atoms with van der Waals surface area (Å²) in [6.07, 6.45) is 8.63. The van der Waals surface area contributed by atoms with Gasteiger partial charge in [0.1, 0.15) is 17.0 Å². The van der Waals surface area contributed by atoms with Gasteiger partial charge in [0.25, 0.3) is 5.91 Å². The summed E-state index contributed by atoms with van der Waals surface area (Å²) in [6.45, 7) is 1.53. The van der Waals surface area contributed by atoms with E-state index in [0.717, 1.165) is 25.2 Å². The Morgan fingerprint density at radius 2 is 2.32 bits per heavy atom. The van der Waals surface area contributed by atoms with E-state index in [-0.39, 0.29) is 16.9 Å². The fraction of sp³-hybridized carbons (Fsp3) is 0.412. The Hall–Kier alpha value is -2.90. The van der Waals surface area contributed by atoms with Gasteiger partial charge in [0.05, 0.1) is 11.6 Å². The zero-order valence-corrected chi connectivity index (χ0v) is 14.3. The number of fused-ring (bicyclic) bond motifs is 2. The Bertz CT molecular complexity index is 998. The summed E-state index contributed by atoms with van der Waals surface area (Å²) >= 11 is 0. The summed E-state index contributed by atoms with van der Waals surface area (Å²) in [5.74, 6) is 1.15. The number of nitrogens with zero attached hydrogens (tertiary/aromatic N) is 5. The van der Waals surface area contributed by atoms with Crippen molar-refractivity contribution < 1.29 is 4.79 Å². The molecule has 0 aromatic carbocycles. The molecular weight excluding hydrogens is 320 g/mol. The number of hydrogen-bond acceptors (Lipinski definition) is 4. The first-order valence-corrected chi connectivity index (χ1v) is 8.33. The predicted molar refractivity (Wildman–Crippen MR) is 92.3 cm³/mol. The van der Waals surface area contributed by atoms with Crippen molar-refractivity contribution in [2.24, 2.45) is 13.0 Å². The molecule has 1 aliphatic rings. The van der Waals surface area contributed by atoms with Crippen molar-refractivity contribution >= 4 is 16.9 Å². The highest BCUT2D eigenvalue weighted by Gasteiger charge is 2.24. The molecule has 0 saturated heterocycles. The van der Waals surface area contributed by atoms with Crippen LogP contribution in [-0.2, 0) is 20.0 Å². The SMILES string of the molecule is CN(CC1CCn2ccnc2C1)C(=O)c1c[nH]c2c(cnn2C)c1=O. The number of pyridine rings is 1. The summed E-state index contributed by atoms with van der Waals surface area (Å²) in [7, 11) is 3.50. The topological polar surface area (TPSA) is 88.8 Å². The smallest absolute Gasteiger partial charge is 0.259 e. The molecule has 8 heteroatoms. The van der Waals surface area contributed by atoms with Crippen molar-refractivity contribution in [3.63, 3.8) is 0 Å². The van der Waals surface area contributed by atoms with Crippen molar-refractivity contribution in [1.29, 1.82) is 0 Å². The number of imidazole rings is 1. The van der Waals surface area contributed by atoms with E-state index in [9.17, 15) is 9.59 Å². The Morgan fingerprint density at radius 3 is 3.16 bits per heavy atom. The Morgan fingerprint density at radius 1 is 1.48 bits per heavy atom. The second kappa shape index (κ2) is 5.87. The molecule has 3 aromatic rings. The molecule has 0 fully saturated rings. The second-order valence-electron chi connectivity index (χ2n) is 6.64. The second-order valence-corrected chi connectivity index (χ2v) is 6.64. The molecule has 4 rings (SSSR count). The predicted octanol–water partition coefficient (Wildman–Crippen LogP) is 0.793. The minimum Gasteiger partial charge on any atom is -0.345 e. The highest BCUT2D eigenvalue weighted by molar-refractivity contribution is 5.96. The number of amides is 1. The first-order valence-electron chi connectivity index (χ1n) is 8.33. The van der Waals surface area contributed by atoms with Crippen LogP contribution in [0.2, 0.25) is 0 Å². The van der Waals surface area contributed by atoms with Crippen LogP contribution in [0.1, 0.15) is 22.6 Å². The van der Waals surface area contributed by atoms with Crippen LogP contribution in [0.25, 0.3) is 11.0 Å². The fourth-order valence-electron chi connectivity index (χ4n) is 3.53. The largest absolute Gasteiger partial charge is 0.345 e. The van der Waals surface area contributed by atoms with Crippen LogP contribution in [-0.4, -0.2) is 48.7 Å². The highest BCUT2D eigenvalue weighted by Crippen LogP contribution is 2.20. The van der Waals surface area contributed by atoms with Crippen LogP contribution in [0.5, 0.6) is 0 Å². The third-order valence-electron chi connectivity index (χ3n) is 4.94. The van der Waals surface area contributed by atoms with Gasteiger partial charge in [0, 0.05) is 52.2 Å². The molecule has 3 aromatic heterocycles. The van der Waals surface area contributed by atoms with Gasteiger partial charge in [-0.3, -0.25) is 14.3 Å². The number of H-pyrrole nitrogens is 1. The molecule has 0 bridgehead atoms. The Labute approximate surface area is 144 Å². The molecule has 130 valence electrons. The van der Waals surface area contributed by atoms with E-state index in [4.69, 9.17) is 0 Å². The van der Waals surface area contributed by atoms with Gasteiger partial charge in [-0.05, 0) is 12.3 Å². The number of aryl methyl sites for hydroxylation is 2. The summed E-state index contributed by atoms with van der Waals surface area (Å²) < 4.78 is 3.73. The van der Waals surface area contributed by atoms with E-state index in [1.54, 1.807) is 23.7 Å². The van der Waals surface area contributed by atoms with Gasteiger partial charge in [-0.2, -0.15) is 5.10 Å². The Balaban J connectivity index is 1.53. The van der Waals surface area contributed by atoms with Crippen molar-refractivity contribution in [2.75, 3.05) is 13.6 Å². The molecule has 1 amide bonds. The molecule has 1 aliphatic heterocycles. The van der Waals surface area contributed by atoms with Gasteiger partial charge in [-0.15, -0.1) is 0 Å². The van der Waals surface area contributed by atoms with E-state index < -0.39 is 0 Å². The number of carbonyl (C=O) groups excluding carboxylic acids is 1. The van der Waals surface area contributed by atoms with Crippen LogP contribution < -0.4 is 5.43 Å². The third-order valence-corrected chi connectivity index (χ3v) is 4.94. The molecule has 8 nitrogen and oxygen atoms in total. The van der Waals surface area contributed by atoms with Gasteiger partial charge in [0.15, 0.2) is 0 Å². The van der Waals surface area contributed by atoms with E-state index in [2.05, 4.69) is 19.6 Å². The lowest BCUT2D eigenvalue weighted by Gasteiger charge is -2.27. The monoisotopic (exact) mass is 340 g/mol. The van der Waals surface area contributed by atoms with Crippen LogP contribution in [0.4, 0.5) is 0 Å². The van der Waals surface area contributed by atoms with Crippen molar-refractivity contribution in [3.05, 3.63) is 46.4 Å². The van der Waals surface area contributed by atoms with E-state index in [0.29, 0.717) is 23.5 Å². The first-order chi connectivity index (χ1) is 12.0. The summed E-state index contributed by atoms with van der Waals surface area (Å²) in [5.41, 5.74) is 0.488. The van der Waals surface area contributed by atoms with Crippen LogP contribution in [0.15, 0.2) is 29.6 Å². The van der Waals surface area contributed by atoms with E-state index in [1.165, 1.54) is 12.4 Å². The molecule has 1 unspecified atom stereocenters. The summed E-state index contributed by atoms with van der Waals surface area (Å²) in [6, 6.07) is 0. The summed E-state index contributed by atoms with van der Waals surface area (Å²) in [5, 5.41) is 4.49. The maximum atomic E-state index is 12.7. The molecule has 0 aliphatic carbocycles. The number of rotatable bonds is 3. The lowest BCUT2D eigenvalue weighted by molar-refractivity contribution is 0.0762. The van der Waals surface area contributed by atoms with E-state index >= 15 is 0 Å². The fourth-order valence-corrected chi connectivity index (χ4v) is 3.53. The molecule has 1 atom stereocenters. The minimum absolute atomic E-state index is 0.153. The first kappa shape index (κ1) is 15.6. The minimum atomic E-state index is -0.280. The number of carbonyl (C=O) groups is 1. The van der Waals surface area contributed by atoms with Gasteiger partial charge in [0.2, 0.25) is 5.43 Å². The molecule has 0 radical (unpaired) electrons. The maximum absolute atomic E-state index is 12.7. The van der Waals surface area contributed by atoms with Crippen molar-refractivity contribution in [2.45, 2.75) is 19.4 Å². The number of aromatic nitrogens is 5. The lowest BCUT2D eigenvalue weighted by Crippen LogP contribution is -2.37. The molecule has 25 heavy (non-hydrogen) atoms. The highest BCUT2D eigenvalue weighted by atomic mass is 16.2. The van der Waals surface area contributed by atoms with Crippen molar-refractivity contribution in [1.82, 2.24) is 29.2 Å². The van der Waals surface area contributed by atoms with Crippen LogP contribution in [0, 0.1) is 5.92 Å². The van der Waals surface area contributed by atoms with E-state index in [1.807, 2.05) is 12.4 Å². The maximum Gasteiger partial charge on any atom is 0.259 e. The quantitative estimate of drug-likeness (QED) is 0.763. The van der Waals surface area contributed by atoms with Gasteiger partial charge in [-0.25, -0.2) is 4.98 Å². The molecule has 4 heterocycles. The normalized spacial score (nSPS) is 16.8. The molecule has 0 spiro atoms. The van der Waals surface area contributed by atoms with Gasteiger partial charge >= 0.3 is 0 Å². The zero-order chi connectivity index (χ0) is 17.6. The average Bonchev–Trinajstić information content (AvgIpc) is 3.21. The number of hydrogen-bond donors (Lipinski definition) is 1. The van der Waals surface area contributed by atoms with Crippen LogP contribution in [0.3, 0.4) is 0 Å². The van der Waals surface area contributed by atoms with Crippen LogP contribution >= 0.6 is 0 Å². The zero-order valence-electron chi connectivity index (χ0n) is 14.3.